The van der Waals surface area contributed by atoms with Gasteiger partial charge in [0.25, 0.3) is 15.9 Å². The number of nitrogens with one attached hydrogen (secondary N) is 1. The smallest absolute Gasteiger partial charge is 0.266 e. The Morgan fingerprint density at radius 3 is 2.22 bits per heavy atom. The fourth-order valence-corrected chi connectivity index (χ4v) is 4.09. The highest BCUT2D eigenvalue weighted by Gasteiger charge is 2.43. The molecule has 3 aromatic rings. The monoisotopic (exact) mass is 534 g/mol. The van der Waals surface area contributed by atoms with Crippen LogP contribution in [0.1, 0.15) is 16.2 Å². The number of hydrogen-bond acceptors (Lipinski definition) is 5. The van der Waals surface area contributed by atoms with Gasteiger partial charge in [0.1, 0.15) is 16.5 Å². The number of benzene rings is 2. The van der Waals surface area contributed by atoms with Crippen LogP contribution in [0.4, 0.5) is 22.0 Å². The Kier molecular flexibility index (Phi) is 6.39. The largest absolute Gasteiger partial charge is 0.435 e. The number of alkyl halides is 3. The number of carbonyl (C=O) groups is 1. The maximum Gasteiger partial charge on any atom is 0.435 e. The first-order valence-electron chi connectivity index (χ1n) is 7.92. The van der Waals surface area contributed by atoms with Gasteiger partial charge in [0.15, 0.2) is 11.4 Å². The molecule has 0 radical (unpaired) electrons. The van der Waals surface area contributed by atoms with Gasteiger partial charge in [-0.05, 0) is 24.3 Å². The molecule has 16 heteroatoms. The average molecular weight is 536 g/mol. The van der Waals surface area contributed by atoms with Gasteiger partial charge in [0.2, 0.25) is 0 Å². The van der Waals surface area contributed by atoms with Crippen molar-refractivity contribution in [3.63, 3.8) is 0 Å². The summed E-state index contributed by atoms with van der Waals surface area (Å²) in [6, 6.07) is 3.21. The Hall–Kier alpha value is -2.48. The van der Waals surface area contributed by atoms with Gasteiger partial charge >= 0.3 is 6.18 Å². The first-order valence-corrected chi connectivity index (χ1v) is 10.5. The van der Waals surface area contributed by atoms with Crippen molar-refractivity contribution in [1.82, 2.24) is 19.7 Å². The van der Waals surface area contributed by atoms with Crippen LogP contribution in [0.25, 0.3) is 5.69 Å². The number of halogens is 8. The molecule has 3 rings (SSSR count). The van der Waals surface area contributed by atoms with Crippen LogP contribution in [-0.4, -0.2) is 29.3 Å². The highest BCUT2D eigenvalue weighted by molar-refractivity contribution is 7.90. The molecule has 0 aliphatic carbocycles. The van der Waals surface area contributed by atoms with E-state index in [1.54, 1.807) is 0 Å². The average Bonchev–Trinajstić information content (AvgIpc) is 3.09. The van der Waals surface area contributed by atoms with Gasteiger partial charge in [0.05, 0.1) is 20.8 Å². The molecule has 0 unspecified atom stereocenters. The van der Waals surface area contributed by atoms with Gasteiger partial charge < -0.3 is 0 Å². The van der Waals surface area contributed by atoms with Crippen molar-refractivity contribution in [1.29, 1.82) is 0 Å². The summed E-state index contributed by atoms with van der Waals surface area (Å²) < 4.78 is 93.8. The summed E-state index contributed by atoms with van der Waals surface area (Å²) in [6.07, 6.45) is -5.28. The Labute approximate surface area is 190 Å². The number of hydrogen-bond donors (Lipinski definition) is 1. The second-order valence-corrected chi connectivity index (χ2v) is 8.80. The van der Waals surface area contributed by atoms with Crippen molar-refractivity contribution < 1.29 is 35.2 Å². The zero-order valence-electron chi connectivity index (χ0n) is 14.9. The molecule has 0 bridgehead atoms. The lowest BCUT2D eigenvalue weighted by Crippen LogP contribution is -2.33. The minimum absolute atomic E-state index is 0.0838. The molecule has 1 aromatic heterocycles. The van der Waals surface area contributed by atoms with Gasteiger partial charge in [0, 0.05) is 6.07 Å². The number of rotatable bonds is 4. The predicted molar refractivity (Wildman–Crippen MR) is 102 cm³/mol. The van der Waals surface area contributed by atoms with E-state index in [-0.39, 0.29) is 25.8 Å². The number of carbonyl (C=O) groups excluding carboxylic acids is 1. The van der Waals surface area contributed by atoms with Crippen LogP contribution in [0, 0.1) is 11.6 Å². The summed E-state index contributed by atoms with van der Waals surface area (Å²) in [5.41, 5.74) is -3.73. The van der Waals surface area contributed by atoms with Crippen molar-refractivity contribution in [2.75, 3.05) is 0 Å². The summed E-state index contributed by atoms with van der Waals surface area (Å²) in [5, 5.41) is 5.69. The zero-order chi connectivity index (χ0) is 24.0. The van der Waals surface area contributed by atoms with Gasteiger partial charge in [-0.3, -0.25) is 4.79 Å². The lowest BCUT2D eigenvalue weighted by Gasteiger charge is -2.13. The molecular formula is C16H6Cl3F5N4O3S. The third-order valence-electron chi connectivity index (χ3n) is 3.78. The van der Waals surface area contributed by atoms with Gasteiger partial charge in [-0.15, -0.1) is 5.10 Å². The summed E-state index contributed by atoms with van der Waals surface area (Å²) in [7, 11) is -5.04. The van der Waals surface area contributed by atoms with Crippen LogP contribution >= 0.6 is 34.8 Å². The Balaban J connectivity index is 2.09. The standard InChI is InChI=1S/C16H6Cl3F5N4O3S/c17-7-4-9(19)11(5-8(7)18)28-14(16(22,23)24)13(25-27-28)15(29)26-32(30,31)12-2-1-6(20)3-10(12)21/h1-5H,(H,26,29). The highest BCUT2D eigenvalue weighted by atomic mass is 35.5. The summed E-state index contributed by atoms with van der Waals surface area (Å²) in [5.74, 6) is -4.58. The molecule has 7 nitrogen and oxygen atoms in total. The summed E-state index contributed by atoms with van der Waals surface area (Å²) in [6.45, 7) is 0. The summed E-state index contributed by atoms with van der Waals surface area (Å²) in [4.78, 5) is 11.2. The Morgan fingerprint density at radius 2 is 1.62 bits per heavy atom. The SMILES string of the molecule is O=C(NS(=O)(=O)c1ccc(F)cc1F)c1nnn(-c2cc(Cl)c(Cl)cc2Cl)c1C(F)(F)F. The zero-order valence-corrected chi connectivity index (χ0v) is 18.0. The molecule has 0 aliphatic rings. The highest BCUT2D eigenvalue weighted by Crippen LogP contribution is 2.37. The normalized spacial score (nSPS) is 12.1. The molecule has 0 spiro atoms. The third-order valence-corrected chi connectivity index (χ3v) is 6.17. The topological polar surface area (TPSA) is 93.9 Å². The number of aromatic nitrogens is 3. The van der Waals surface area contributed by atoms with E-state index in [4.69, 9.17) is 34.8 Å². The van der Waals surface area contributed by atoms with Gasteiger partial charge in [-0.2, -0.15) is 13.2 Å². The predicted octanol–water partition coefficient (Wildman–Crippen LogP) is 4.64. The Bertz CT molecular complexity index is 1350. The molecular weight excluding hydrogens is 530 g/mol. The summed E-state index contributed by atoms with van der Waals surface area (Å²) >= 11 is 17.4. The second kappa shape index (κ2) is 8.46. The number of amides is 1. The fraction of sp³-hybridized carbons (Fsp3) is 0.0625. The van der Waals surface area contributed by atoms with E-state index < -0.39 is 55.7 Å². The van der Waals surface area contributed by atoms with E-state index in [9.17, 15) is 35.2 Å². The maximum absolute atomic E-state index is 13.8. The van der Waals surface area contributed by atoms with E-state index in [2.05, 4.69) is 10.3 Å². The van der Waals surface area contributed by atoms with Crippen molar-refractivity contribution in [2.45, 2.75) is 11.1 Å². The van der Waals surface area contributed by atoms with Crippen LogP contribution in [0.2, 0.25) is 15.1 Å². The first kappa shape index (κ1) is 24.2. The van der Waals surface area contributed by atoms with E-state index in [1.165, 1.54) is 4.72 Å². The van der Waals surface area contributed by atoms with Crippen LogP contribution in [-0.2, 0) is 16.2 Å². The van der Waals surface area contributed by atoms with Crippen LogP contribution < -0.4 is 4.72 Å². The molecule has 32 heavy (non-hydrogen) atoms. The quantitative estimate of drug-likeness (QED) is 0.388. The molecule has 1 N–H and O–H groups in total. The molecule has 2 aromatic carbocycles. The molecule has 0 saturated carbocycles. The minimum atomic E-state index is -5.28. The Morgan fingerprint density at radius 1 is 1.00 bits per heavy atom. The molecule has 0 fully saturated rings. The molecule has 0 saturated heterocycles. The van der Waals surface area contributed by atoms with Crippen molar-refractivity contribution in [2.24, 2.45) is 0 Å². The minimum Gasteiger partial charge on any atom is -0.266 e. The molecule has 170 valence electrons. The lowest BCUT2D eigenvalue weighted by molar-refractivity contribution is -0.143. The van der Waals surface area contributed by atoms with E-state index in [1.807, 2.05) is 0 Å². The van der Waals surface area contributed by atoms with Crippen LogP contribution in [0.3, 0.4) is 0 Å². The third kappa shape index (κ3) is 4.65. The molecule has 0 aliphatic heterocycles. The van der Waals surface area contributed by atoms with Crippen molar-refractivity contribution >= 4 is 50.7 Å². The lowest BCUT2D eigenvalue weighted by atomic mass is 10.2. The van der Waals surface area contributed by atoms with Crippen molar-refractivity contribution in [3.8, 4) is 5.69 Å². The number of nitrogens with zero attached hydrogens (tertiary/aromatic N) is 3. The second-order valence-electron chi connectivity index (χ2n) is 5.92. The molecule has 0 atom stereocenters. The van der Waals surface area contributed by atoms with Crippen LogP contribution in [0.15, 0.2) is 35.2 Å². The first-order chi connectivity index (χ1) is 14.7. The van der Waals surface area contributed by atoms with E-state index >= 15 is 0 Å². The van der Waals surface area contributed by atoms with Gasteiger partial charge in [-0.25, -0.2) is 26.6 Å². The molecule has 1 amide bonds. The fourth-order valence-electron chi connectivity index (χ4n) is 2.45. The maximum atomic E-state index is 13.8. The van der Waals surface area contributed by atoms with Crippen LogP contribution in [0.5, 0.6) is 0 Å². The van der Waals surface area contributed by atoms with E-state index in [0.717, 1.165) is 12.1 Å². The van der Waals surface area contributed by atoms with Gasteiger partial charge in [-0.1, -0.05) is 40.0 Å². The van der Waals surface area contributed by atoms with E-state index in [0.29, 0.717) is 12.1 Å². The van der Waals surface area contributed by atoms with Crippen molar-refractivity contribution in [3.05, 3.63) is 68.4 Å². The molecule has 1 heterocycles. The number of sulfonamides is 1.